The number of ether oxygens (including phenoxy) is 4. The van der Waals surface area contributed by atoms with Crippen LogP contribution in [0.5, 0.6) is 5.75 Å². The van der Waals surface area contributed by atoms with Gasteiger partial charge in [0, 0.05) is 0 Å². The van der Waals surface area contributed by atoms with Crippen molar-refractivity contribution in [2.24, 2.45) is 11.8 Å². The number of nitrogens with zero attached hydrogens (tertiary/aromatic N) is 4. The van der Waals surface area contributed by atoms with E-state index in [1.165, 1.54) is 43.1 Å². The lowest BCUT2D eigenvalue weighted by molar-refractivity contribution is -0.173. The van der Waals surface area contributed by atoms with Crippen molar-refractivity contribution in [2.45, 2.75) is 175 Å². The highest BCUT2D eigenvalue weighted by Gasteiger charge is 2.63. The first-order chi connectivity index (χ1) is 32.4. The fourth-order valence-electron chi connectivity index (χ4n) is 7.43. The van der Waals surface area contributed by atoms with E-state index in [4.69, 9.17) is 33.7 Å². The van der Waals surface area contributed by atoms with Crippen LogP contribution >= 0.6 is 7.75 Å². The smallest absolute Gasteiger partial charge is 0.459 e. The topological polar surface area (TPSA) is 216 Å². The summed E-state index contributed by atoms with van der Waals surface area (Å²) in [6.07, 6.45) is 18.7. The first kappa shape index (κ1) is 55.5. The van der Waals surface area contributed by atoms with Crippen molar-refractivity contribution in [1.82, 2.24) is 19.7 Å². The molecule has 68 heavy (non-hydrogen) atoms. The number of anilines is 1. The molecule has 0 amide bonds. The number of fused-ring (bicyclic) bond motifs is 1. The van der Waals surface area contributed by atoms with Gasteiger partial charge in [0.1, 0.15) is 35.8 Å². The first-order valence-electron chi connectivity index (χ1n) is 24.2. The van der Waals surface area contributed by atoms with Gasteiger partial charge in [-0.3, -0.25) is 18.9 Å². The molecule has 16 nitrogen and oxygen atoms in total. The monoisotopic (exact) mass is 963 g/mol. The second-order valence-electron chi connectivity index (χ2n) is 19.0. The Morgan fingerprint density at radius 1 is 0.882 bits per heavy atom. The quantitative estimate of drug-likeness (QED) is 0.0228. The number of aromatic nitrogens is 3. The molecule has 1 aliphatic rings. The lowest BCUT2D eigenvalue weighted by atomic mass is 9.87. The number of carbonyl (C=O) groups excluding carboxylic acids is 3. The molecule has 0 unspecified atom stereocenters. The zero-order chi connectivity index (χ0) is 49.9. The third-order valence-corrected chi connectivity index (χ3v) is 13.2. The highest BCUT2D eigenvalue weighted by atomic mass is 31.2. The van der Waals surface area contributed by atoms with Crippen LogP contribution in [0.3, 0.4) is 0 Å². The summed E-state index contributed by atoms with van der Waals surface area (Å²) in [7, 11) is -4.55. The first-order valence-corrected chi connectivity index (χ1v) is 25.8. The number of nitrogen functional groups attached to an aromatic ring is 1. The Hall–Kier alpha value is -5.07. The highest BCUT2D eigenvalue weighted by molar-refractivity contribution is 7.52. The molecule has 0 spiro atoms. The van der Waals surface area contributed by atoms with Crippen LogP contribution in [0.4, 0.5) is 5.82 Å². The molecule has 0 saturated carbocycles. The van der Waals surface area contributed by atoms with Crippen LogP contribution in [0, 0.1) is 23.2 Å². The third kappa shape index (κ3) is 16.0. The maximum absolute atomic E-state index is 14.9. The van der Waals surface area contributed by atoms with Crippen molar-refractivity contribution in [3.8, 4) is 11.8 Å². The fourth-order valence-corrected chi connectivity index (χ4v) is 8.93. The average Bonchev–Trinajstić information content (AvgIpc) is 3.86. The highest BCUT2D eigenvalue weighted by Crippen LogP contribution is 2.49. The van der Waals surface area contributed by atoms with Gasteiger partial charge in [-0.2, -0.15) is 15.4 Å². The number of esters is 3. The number of unbranched alkanes of at least 4 members (excludes halogenated alkanes) is 9. The lowest BCUT2D eigenvalue weighted by Crippen LogP contribution is -2.47. The molecule has 374 valence electrons. The molecule has 17 heteroatoms. The Bertz CT molecular complexity index is 2230. The number of nitriles is 1. The van der Waals surface area contributed by atoms with E-state index in [-0.39, 0.29) is 29.3 Å². The van der Waals surface area contributed by atoms with Crippen molar-refractivity contribution in [1.29, 1.82) is 5.26 Å². The number of benzene rings is 1. The zero-order valence-corrected chi connectivity index (χ0v) is 42.5. The molecule has 3 N–H and O–H groups in total. The summed E-state index contributed by atoms with van der Waals surface area (Å²) < 4.78 is 52.4. The minimum Gasteiger partial charge on any atom is -0.465 e. The molecule has 0 bridgehead atoms. The summed E-state index contributed by atoms with van der Waals surface area (Å²) in [5, 5.41) is 18.0. The summed E-state index contributed by atoms with van der Waals surface area (Å²) in [6, 6.07) is 11.0. The minimum absolute atomic E-state index is 0.0893. The number of rotatable bonds is 28. The molecular formula is C51H75N6O10P. The molecule has 6 atom stereocenters. The number of hydrogen-bond acceptors (Lipinski definition) is 14. The second-order valence-corrected chi connectivity index (χ2v) is 20.7. The van der Waals surface area contributed by atoms with Gasteiger partial charge in [-0.1, -0.05) is 130 Å². The van der Waals surface area contributed by atoms with Crippen LogP contribution in [0.1, 0.15) is 151 Å². The van der Waals surface area contributed by atoms with Gasteiger partial charge in [0.15, 0.2) is 18.0 Å². The van der Waals surface area contributed by atoms with Gasteiger partial charge in [-0.15, -0.1) is 0 Å². The molecule has 3 aromatic rings. The summed E-state index contributed by atoms with van der Waals surface area (Å²) >= 11 is 0. The van der Waals surface area contributed by atoms with Gasteiger partial charge in [0.25, 0.3) is 0 Å². The normalized spacial score (nSPS) is 19.9. The van der Waals surface area contributed by atoms with E-state index in [0.29, 0.717) is 11.9 Å². The van der Waals surface area contributed by atoms with E-state index in [0.717, 1.165) is 56.9 Å². The van der Waals surface area contributed by atoms with Crippen LogP contribution in [0.15, 0.2) is 67.0 Å². The van der Waals surface area contributed by atoms with Gasteiger partial charge in [-0.05, 0) is 80.7 Å². The van der Waals surface area contributed by atoms with Gasteiger partial charge >= 0.3 is 25.7 Å². The van der Waals surface area contributed by atoms with Gasteiger partial charge in [0.05, 0.1) is 30.7 Å². The van der Waals surface area contributed by atoms with Crippen molar-refractivity contribution in [3.05, 3.63) is 78.3 Å². The Morgan fingerprint density at radius 3 is 2.12 bits per heavy atom. The van der Waals surface area contributed by atoms with Crippen LogP contribution in [0.2, 0.25) is 0 Å². The Morgan fingerprint density at radius 2 is 1.50 bits per heavy atom. The van der Waals surface area contributed by atoms with Crippen molar-refractivity contribution >= 4 is 37.0 Å². The zero-order valence-electron chi connectivity index (χ0n) is 41.6. The maximum atomic E-state index is 14.9. The summed E-state index contributed by atoms with van der Waals surface area (Å²) in [4.78, 5) is 44.1. The van der Waals surface area contributed by atoms with Crippen LogP contribution in [-0.2, 0) is 53.4 Å². The van der Waals surface area contributed by atoms with E-state index >= 15 is 0 Å². The third-order valence-electron chi connectivity index (χ3n) is 11.5. The SMILES string of the molecule is CCCCC/C=C\C/C=C\CCCCCCCCOC(=O)[C@H](C)N[P@](=O)(OC[C@H]1O[C@@](C#N)(c2ccc3c(N)ncnn23)[C@H](OC(=O)C(C)C)[C@@H]1OC(=O)C(C)C)Oc1ccc(C(C)(C)C)cc1. The average molecular weight is 963 g/mol. The van der Waals surface area contributed by atoms with Crippen LogP contribution < -0.4 is 15.3 Å². The molecule has 1 fully saturated rings. The van der Waals surface area contributed by atoms with E-state index < -0.39 is 74.1 Å². The fraction of sp³-hybridized carbons (Fsp3) is 0.608. The lowest BCUT2D eigenvalue weighted by Gasteiger charge is -2.29. The maximum Gasteiger partial charge on any atom is 0.459 e. The molecule has 2 aromatic heterocycles. The molecule has 0 aliphatic carbocycles. The van der Waals surface area contributed by atoms with Gasteiger partial charge in [-0.25, -0.2) is 14.1 Å². The summed E-state index contributed by atoms with van der Waals surface area (Å²) in [5.74, 6) is -3.11. The molecule has 3 heterocycles. The molecular weight excluding hydrogens is 888 g/mol. The summed E-state index contributed by atoms with van der Waals surface area (Å²) in [6.45, 7) is 15.8. The van der Waals surface area contributed by atoms with Gasteiger partial charge < -0.3 is 29.2 Å². The second kappa shape index (κ2) is 26.6. The predicted molar refractivity (Wildman–Crippen MR) is 261 cm³/mol. The molecule has 4 rings (SSSR count). The van der Waals surface area contributed by atoms with Crippen molar-refractivity contribution < 1.29 is 46.9 Å². The Labute approximate surface area is 403 Å². The van der Waals surface area contributed by atoms with Crippen LogP contribution in [-0.4, -0.2) is 70.1 Å². The van der Waals surface area contributed by atoms with E-state index in [1.54, 1.807) is 45.9 Å². The number of nitrogens with two attached hydrogens (primary N) is 1. The van der Waals surface area contributed by atoms with Crippen molar-refractivity contribution in [2.75, 3.05) is 18.9 Å². The Kier molecular flexibility index (Phi) is 21.7. The molecule has 1 aliphatic heterocycles. The number of nitrogens with one attached hydrogen (secondary N) is 1. The van der Waals surface area contributed by atoms with E-state index in [1.807, 2.05) is 12.1 Å². The number of allylic oxidation sites excluding steroid dienone is 4. The van der Waals surface area contributed by atoms with E-state index in [2.05, 4.69) is 73.2 Å². The van der Waals surface area contributed by atoms with Gasteiger partial charge in [0.2, 0.25) is 5.60 Å². The number of carbonyl (C=O) groups is 3. The van der Waals surface area contributed by atoms with Crippen LogP contribution in [0.25, 0.3) is 5.52 Å². The summed E-state index contributed by atoms with van der Waals surface area (Å²) in [5.41, 5.74) is 5.19. The Balaban J connectivity index is 1.48. The molecule has 1 aromatic carbocycles. The van der Waals surface area contributed by atoms with E-state index in [9.17, 15) is 24.2 Å². The molecule has 0 radical (unpaired) electrons. The standard InChI is InChI=1S/C51H75N6O10P/c1-10-11-12-13-14-15-16-17-18-19-20-21-22-23-24-25-32-62-49(60)38(6)56-68(61,67-40-28-26-39(27-29-40)50(7,8)9)63-33-42-44(64-47(58)36(2)3)45(65-48(59)37(4)5)51(34-52,66-42)43-31-30-41-46(53)54-35-55-57(41)43/h14-15,17-18,26-31,35-38,42,44-45H,10-13,16,19-25,32-33H2,1-9H3,(H,56,61)(H2,53,54,55)/b15-14-,18-17-/t38-,42+,44+,45+,51-,68-/m0/s1. The predicted octanol–water partition coefficient (Wildman–Crippen LogP) is 10.4. The largest absolute Gasteiger partial charge is 0.465 e. The number of hydrogen-bond donors (Lipinski definition) is 2. The molecule has 1 saturated heterocycles. The minimum atomic E-state index is -4.55. The van der Waals surface area contributed by atoms with Crippen molar-refractivity contribution in [3.63, 3.8) is 0 Å².